The van der Waals surface area contributed by atoms with E-state index in [1.165, 1.54) is 69.8 Å². The topological polar surface area (TPSA) is 15.3 Å². The Kier molecular flexibility index (Phi) is 3.46. The Morgan fingerprint density at radius 2 is 2.06 bits per heavy atom. The van der Waals surface area contributed by atoms with E-state index >= 15 is 0 Å². The lowest BCUT2D eigenvalue weighted by Gasteiger charge is -2.36. The van der Waals surface area contributed by atoms with Crippen molar-refractivity contribution in [2.24, 2.45) is 5.41 Å². The van der Waals surface area contributed by atoms with Gasteiger partial charge in [0.05, 0.1) is 0 Å². The summed E-state index contributed by atoms with van der Waals surface area (Å²) in [5.74, 6) is 2.80. The summed E-state index contributed by atoms with van der Waals surface area (Å²) >= 11 is 2.17. The molecule has 3 saturated heterocycles. The van der Waals surface area contributed by atoms with Crippen molar-refractivity contribution in [1.82, 2.24) is 10.2 Å². The third-order valence-electron chi connectivity index (χ3n) is 4.78. The van der Waals surface area contributed by atoms with Gasteiger partial charge in [-0.2, -0.15) is 11.8 Å². The molecule has 0 saturated carbocycles. The van der Waals surface area contributed by atoms with Crippen LogP contribution < -0.4 is 5.32 Å². The summed E-state index contributed by atoms with van der Waals surface area (Å²) in [6.07, 6.45) is 7.21. The maximum Gasteiger partial charge on any atom is 0.0186 e. The van der Waals surface area contributed by atoms with Gasteiger partial charge in [-0.05, 0) is 62.9 Å². The second kappa shape index (κ2) is 4.87. The number of rotatable bonds is 1. The Balaban J connectivity index is 1.58. The largest absolute Gasteiger partial charge is 0.317 e. The van der Waals surface area contributed by atoms with Gasteiger partial charge in [-0.3, -0.25) is 4.90 Å². The van der Waals surface area contributed by atoms with Gasteiger partial charge in [0.15, 0.2) is 0 Å². The third-order valence-corrected chi connectivity index (χ3v) is 5.98. The predicted molar refractivity (Wildman–Crippen MR) is 71.1 cm³/mol. The van der Waals surface area contributed by atoms with E-state index in [2.05, 4.69) is 22.0 Å². The molecule has 0 unspecified atom stereocenters. The van der Waals surface area contributed by atoms with Crippen LogP contribution in [-0.4, -0.2) is 48.6 Å². The van der Waals surface area contributed by atoms with E-state index in [1.807, 2.05) is 0 Å². The quantitative estimate of drug-likeness (QED) is 0.754. The average molecular weight is 240 g/mol. The molecule has 3 heteroatoms. The number of hydrogen-bond acceptors (Lipinski definition) is 3. The first-order valence-corrected chi connectivity index (χ1v) is 8.06. The molecule has 0 aromatic carbocycles. The minimum atomic E-state index is 0.702. The molecule has 3 fully saturated rings. The smallest absolute Gasteiger partial charge is 0.0186 e. The van der Waals surface area contributed by atoms with E-state index in [1.54, 1.807) is 0 Å². The summed E-state index contributed by atoms with van der Waals surface area (Å²) in [6.45, 7) is 5.30. The second-order valence-corrected chi connectivity index (χ2v) is 6.99. The van der Waals surface area contributed by atoms with Gasteiger partial charge in [0.1, 0.15) is 0 Å². The number of hydrogen-bond donors (Lipinski definition) is 1. The summed E-state index contributed by atoms with van der Waals surface area (Å²) < 4.78 is 0. The van der Waals surface area contributed by atoms with E-state index in [9.17, 15) is 0 Å². The first-order chi connectivity index (χ1) is 7.88. The standard InChI is InChI=1S/C13H24N2S/c1-2-12(10-16-9-1)15-8-5-13(11-15)3-6-14-7-4-13/h12,14H,1-11H2/t12-/m1/s1. The number of thioether (sulfide) groups is 1. The molecule has 3 heterocycles. The molecule has 0 amide bonds. The van der Waals surface area contributed by atoms with Crippen LogP contribution in [0.4, 0.5) is 0 Å². The molecule has 0 aliphatic carbocycles. The number of nitrogens with one attached hydrogen (secondary N) is 1. The van der Waals surface area contributed by atoms with Gasteiger partial charge in [0.2, 0.25) is 0 Å². The average Bonchev–Trinajstić information content (AvgIpc) is 2.75. The van der Waals surface area contributed by atoms with Crippen molar-refractivity contribution in [2.45, 2.75) is 38.1 Å². The SMILES string of the molecule is C1CSC[C@H](N2CCC3(CCNCC3)C2)C1. The van der Waals surface area contributed by atoms with Crippen molar-refractivity contribution in [3.63, 3.8) is 0 Å². The first-order valence-electron chi connectivity index (χ1n) is 6.91. The number of nitrogens with zero attached hydrogens (tertiary/aromatic N) is 1. The molecular weight excluding hydrogens is 216 g/mol. The van der Waals surface area contributed by atoms with Gasteiger partial charge in [-0.25, -0.2) is 0 Å². The highest BCUT2D eigenvalue weighted by Gasteiger charge is 2.40. The highest BCUT2D eigenvalue weighted by Crippen LogP contribution is 2.40. The molecule has 0 aromatic rings. The molecule has 1 atom stereocenters. The summed E-state index contributed by atoms with van der Waals surface area (Å²) in [7, 11) is 0. The Morgan fingerprint density at radius 3 is 2.81 bits per heavy atom. The highest BCUT2D eigenvalue weighted by atomic mass is 32.2. The van der Waals surface area contributed by atoms with Crippen molar-refractivity contribution in [3.05, 3.63) is 0 Å². The lowest BCUT2D eigenvalue weighted by atomic mass is 9.78. The van der Waals surface area contributed by atoms with Gasteiger partial charge in [0.25, 0.3) is 0 Å². The van der Waals surface area contributed by atoms with Crippen LogP contribution in [0, 0.1) is 5.41 Å². The van der Waals surface area contributed by atoms with Gasteiger partial charge in [-0.15, -0.1) is 0 Å². The molecule has 92 valence electrons. The summed E-state index contributed by atoms with van der Waals surface area (Å²) in [5.41, 5.74) is 0.702. The van der Waals surface area contributed by atoms with Crippen LogP contribution in [0.2, 0.25) is 0 Å². The lowest BCUT2D eigenvalue weighted by molar-refractivity contribution is 0.171. The zero-order chi connectivity index (χ0) is 10.8. The third kappa shape index (κ3) is 2.27. The van der Waals surface area contributed by atoms with Crippen molar-refractivity contribution in [1.29, 1.82) is 0 Å². The minimum absolute atomic E-state index is 0.702. The van der Waals surface area contributed by atoms with Crippen LogP contribution in [0.1, 0.15) is 32.1 Å². The van der Waals surface area contributed by atoms with Crippen molar-refractivity contribution in [3.8, 4) is 0 Å². The zero-order valence-electron chi connectivity index (χ0n) is 10.2. The van der Waals surface area contributed by atoms with Gasteiger partial charge < -0.3 is 5.32 Å². The second-order valence-electron chi connectivity index (χ2n) is 5.84. The molecule has 3 aliphatic heterocycles. The Morgan fingerprint density at radius 1 is 1.19 bits per heavy atom. The Hall–Kier alpha value is 0.270. The minimum Gasteiger partial charge on any atom is -0.317 e. The van der Waals surface area contributed by atoms with Gasteiger partial charge >= 0.3 is 0 Å². The maximum absolute atomic E-state index is 3.51. The van der Waals surface area contributed by atoms with E-state index in [4.69, 9.17) is 0 Å². The van der Waals surface area contributed by atoms with Crippen LogP contribution >= 0.6 is 11.8 Å². The first kappa shape index (κ1) is 11.4. The fourth-order valence-electron chi connectivity index (χ4n) is 3.66. The molecule has 0 bridgehead atoms. The molecule has 3 rings (SSSR count). The number of likely N-dealkylation sites (tertiary alicyclic amines) is 1. The lowest BCUT2D eigenvalue weighted by Crippen LogP contribution is -2.42. The fourth-order valence-corrected chi connectivity index (χ4v) is 4.85. The summed E-state index contributed by atoms with van der Waals surface area (Å²) in [4.78, 5) is 2.82. The van der Waals surface area contributed by atoms with Crippen molar-refractivity contribution < 1.29 is 0 Å². The zero-order valence-corrected chi connectivity index (χ0v) is 11.0. The van der Waals surface area contributed by atoms with Crippen LogP contribution in [0.5, 0.6) is 0 Å². The van der Waals surface area contributed by atoms with Crippen LogP contribution in [-0.2, 0) is 0 Å². The van der Waals surface area contributed by atoms with E-state index in [0.29, 0.717) is 5.41 Å². The molecule has 16 heavy (non-hydrogen) atoms. The highest BCUT2D eigenvalue weighted by molar-refractivity contribution is 7.99. The van der Waals surface area contributed by atoms with Crippen LogP contribution in [0.25, 0.3) is 0 Å². The maximum atomic E-state index is 3.51. The van der Waals surface area contributed by atoms with E-state index in [0.717, 1.165) is 6.04 Å². The summed E-state index contributed by atoms with van der Waals surface area (Å²) in [6, 6.07) is 0.910. The monoisotopic (exact) mass is 240 g/mol. The van der Waals surface area contributed by atoms with E-state index < -0.39 is 0 Å². The number of piperidine rings is 1. The molecule has 2 nitrogen and oxygen atoms in total. The van der Waals surface area contributed by atoms with Crippen molar-refractivity contribution in [2.75, 3.05) is 37.7 Å². The Bertz CT molecular complexity index is 232. The molecular formula is C13H24N2S. The summed E-state index contributed by atoms with van der Waals surface area (Å²) in [5, 5.41) is 3.51. The van der Waals surface area contributed by atoms with Crippen molar-refractivity contribution >= 4 is 11.8 Å². The molecule has 0 radical (unpaired) electrons. The normalized spacial score (nSPS) is 35.6. The molecule has 1 N–H and O–H groups in total. The van der Waals surface area contributed by atoms with Gasteiger partial charge in [-0.1, -0.05) is 0 Å². The molecule has 0 aromatic heterocycles. The Labute approximate surface area is 104 Å². The van der Waals surface area contributed by atoms with E-state index in [-0.39, 0.29) is 0 Å². The molecule has 3 aliphatic rings. The van der Waals surface area contributed by atoms with Crippen LogP contribution in [0.15, 0.2) is 0 Å². The van der Waals surface area contributed by atoms with Crippen LogP contribution in [0.3, 0.4) is 0 Å². The predicted octanol–water partition coefficient (Wildman–Crippen LogP) is 1.96. The van der Waals surface area contributed by atoms with Gasteiger partial charge in [0, 0.05) is 18.3 Å². The molecule has 1 spiro atoms. The fraction of sp³-hybridized carbons (Fsp3) is 1.00.